The van der Waals surface area contributed by atoms with Gasteiger partial charge in [-0.1, -0.05) is 57.2 Å². The molecule has 0 radical (unpaired) electrons. The zero-order chi connectivity index (χ0) is 21.1. The summed E-state index contributed by atoms with van der Waals surface area (Å²) in [5.41, 5.74) is 1.79. The number of rotatable bonds is 6. The summed E-state index contributed by atoms with van der Waals surface area (Å²) in [6.07, 6.45) is 1.04. The third-order valence-electron chi connectivity index (χ3n) is 4.37. The molecule has 0 aromatic heterocycles. The van der Waals surface area contributed by atoms with Gasteiger partial charge in [0.25, 0.3) is 0 Å². The average molecular weight is 404 g/mol. The number of hydrogen-bond donors (Lipinski definition) is 0. The van der Waals surface area contributed by atoms with Crippen molar-refractivity contribution in [2.45, 2.75) is 26.2 Å². The molecule has 0 aliphatic rings. The zero-order valence-corrected chi connectivity index (χ0v) is 17.5. The summed E-state index contributed by atoms with van der Waals surface area (Å²) in [4.78, 5) is 24.8. The minimum atomic E-state index is -3.54. The molecule has 28 heavy (non-hydrogen) atoms. The number of para-hydroxylation sites is 1. The molecule has 0 heterocycles. The van der Waals surface area contributed by atoms with Gasteiger partial charge in [0.2, 0.25) is 10.0 Å². The molecule has 0 aliphatic carbocycles. The molecule has 0 saturated heterocycles. The van der Waals surface area contributed by atoms with Crippen LogP contribution in [0.3, 0.4) is 0 Å². The first kappa shape index (κ1) is 21.6. The third-order valence-corrected chi connectivity index (χ3v) is 5.56. The normalized spacial score (nSPS) is 11.8. The molecule has 0 amide bonds. The van der Waals surface area contributed by atoms with Crippen LogP contribution in [0.1, 0.15) is 47.1 Å². The molecule has 0 fully saturated rings. The number of Topliss-reactive ketones (excluding diaryl/α,β-unsaturated/α-hetero) is 1. The lowest BCUT2D eigenvalue weighted by Gasteiger charge is -2.19. The summed E-state index contributed by atoms with van der Waals surface area (Å²) in [6.45, 7) is 5.81. The first-order chi connectivity index (χ1) is 12.9. The van der Waals surface area contributed by atoms with Crippen molar-refractivity contribution in [2.24, 2.45) is 0 Å². The maximum absolute atomic E-state index is 12.4. The summed E-state index contributed by atoms with van der Waals surface area (Å²) in [6, 6.07) is 13.4. The van der Waals surface area contributed by atoms with E-state index in [2.05, 4.69) is 20.8 Å². The number of esters is 1. The van der Waals surface area contributed by atoms with Gasteiger partial charge in [0, 0.05) is 12.6 Å². The van der Waals surface area contributed by atoms with E-state index in [1.807, 2.05) is 12.1 Å². The summed E-state index contributed by atoms with van der Waals surface area (Å²) < 4.78 is 29.7. The van der Waals surface area contributed by atoms with Gasteiger partial charge < -0.3 is 4.74 Å². The Morgan fingerprint density at radius 2 is 1.57 bits per heavy atom. The Hall–Kier alpha value is -2.67. The largest absolute Gasteiger partial charge is 0.454 e. The summed E-state index contributed by atoms with van der Waals surface area (Å²) in [7, 11) is -2.19. The van der Waals surface area contributed by atoms with Crippen LogP contribution in [-0.2, 0) is 20.2 Å². The summed E-state index contributed by atoms with van der Waals surface area (Å²) >= 11 is 0. The molecule has 0 N–H and O–H groups in total. The van der Waals surface area contributed by atoms with Crippen LogP contribution in [0.2, 0.25) is 0 Å². The molecule has 0 spiro atoms. The van der Waals surface area contributed by atoms with Gasteiger partial charge in [-0.15, -0.1) is 0 Å². The van der Waals surface area contributed by atoms with Crippen molar-refractivity contribution in [1.29, 1.82) is 0 Å². The van der Waals surface area contributed by atoms with Gasteiger partial charge in [-0.3, -0.25) is 9.10 Å². The van der Waals surface area contributed by atoms with Crippen molar-refractivity contribution in [3.8, 4) is 0 Å². The van der Waals surface area contributed by atoms with Gasteiger partial charge in [0.05, 0.1) is 17.5 Å². The number of ketones is 1. The van der Waals surface area contributed by atoms with E-state index >= 15 is 0 Å². The number of nitrogens with zero attached hydrogens (tertiary/aromatic N) is 1. The molecule has 6 nitrogen and oxygen atoms in total. The minimum absolute atomic E-state index is 0.0244. The molecule has 2 rings (SSSR count). The Bertz CT molecular complexity index is 973. The second-order valence-corrected chi connectivity index (χ2v) is 9.59. The van der Waals surface area contributed by atoms with Gasteiger partial charge in [-0.05, 0) is 23.1 Å². The molecule has 0 saturated carbocycles. The fourth-order valence-corrected chi connectivity index (χ4v) is 3.06. The van der Waals surface area contributed by atoms with Gasteiger partial charge in [0.15, 0.2) is 12.4 Å². The Kier molecular flexibility index (Phi) is 6.29. The van der Waals surface area contributed by atoms with Crippen LogP contribution in [0.5, 0.6) is 0 Å². The van der Waals surface area contributed by atoms with Gasteiger partial charge >= 0.3 is 5.97 Å². The van der Waals surface area contributed by atoms with Crippen LogP contribution < -0.4 is 4.31 Å². The van der Waals surface area contributed by atoms with Crippen LogP contribution >= 0.6 is 0 Å². The molecule has 7 heteroatoms. The van der Waals surface area contributed by atoms with E-state index in [0.717, 1.165) is 16.1 Å². The van der Waals surface area contributed by atoms with E-state index < -0.39 is 22.6 Å². The van der Waals surface area contributed by atoms with E-state index in [0.29, 0.717) is 5.56 Å². The Labute approximate surface area is 166 Å². The lowest BCUT2D eigenvalue weighted by molar-refractivity contribution is 0.0475. The highest BCUT2D eigenvalue weighted by Gasteiger charge is 2.21. The maximum atomic E-state index is 12.4. The first-order valence-electron chi connectivity index (χ1n) is 8.75. The fourth-order valence-electron chi connectivity index (χ4n) is 2.55. The number of ether oxygens (including phenoxy) is 1. The molecule has 2 aromatic carbocycles. The van der Waals surface area contributed by atoms with Crippen LogP contribution in [0.15, 0.2) is 48.5 Å². The Morgan fingerprint density at radius 1 is 1.00 bits per heavy atom. The lowest BCUT2D eigenvalue weighted by atomic mass is 9.86. The topological polar surface area (TPSA) is 80.8 Å². The standard InChI is InChI=1S/C21H25NO5S/c1-21(2,3)16-12-10-15(11-13-16)19(23)14-27-20(24)17-8-6-7-9-18(17)22(4)28(5,25)26/h6-13H,14H2,1-5H3. The van der Waals surface area contributed by atoms with E-state index in [1.54, 1.807) is 24.3 Å². The third kappa shape index (κ3) is 5.19. The predicted octanol–water partition coefficient (Wildman–Crippen LogP) is 3.42. The summed E-state index contributed by atoms with van der Waals surface area (Å²) in [5, 5.41) is 0. The lowest BCUT2D eigenvalue weighted by Crippen LogP contribution is -2.27. The van der Waals surface area contributed by atoms with Gasteiger partial charge in [-0.25, -0.2) is 13.2 Å². The molecule has 0 atom stereocenters. The summed E-state index contributed by atoms with van der Waals surface area (Å²) in [5.74, 6) is -1.09. The van der Waals surface area contributed by atoms with Crippen LogP contribution in [0, 0.1) is 0 Å². The minimum Gasteiger partial charge on any atom is -0.454 e. The SMILES string of the molecule is CN(c1ccccc1C(=O)OCC(=O)c1ccc(C(C)(C)C)cc1)S(C)(=O)=O. The monoisotopic (exact) mass is 403 g/mol. The van der Waals surface area contributed by atoms with E-state index in [1.165, 1.54) is 19.2 Å². The maximum Gasteiger partial charge on any atom is 0.340 e. The average Bonchev–Trinajstić information content (AvgIpc) is 2.63. The van der Waals surface area contributed by atoms with Crippen LogP contribution in [-0.4, -0.2) is 40.1 Å². The molecule has 0 aliphatic heterocycles. The second kappa shape index (κ2) is 8.14. The number of anilines is 1. The number of benzene rings is 2. The highest BCUT2D eigenvalue weighted by atomic mass is 32.2. The molecule has 0 unspecified atom stereocenters. The second-order valence-electron chi connectivity index (χ2n) is 7.57. The molecule has 0 bridgehead atoms. The smallest absolute Gasteiger partial charge is 0.340 e. The number of carbonyl (C=O) groups is 2. The number of hydrogen-bond acceptors (Lipinski definition) is 5. The fraction of sp³-hybridized carbons (Fsp3) is 0.333. The quantitative estimate of drug-likeness (QED) is 0.545. The zero-order valence-electron chi connectivity index (χ0n) is 16.7. The van der Waals surface area contributed by atoms with Crippen molar-refractivity contribution in [3.05, 3.63) is 65.2 Å². The van der Waals surface area contributed by atoms with Crippen molar-refractivity contribution in [2.75, 3.05) is 24.2 Å². The first-order valence-corrected chi connectivity index (χ1v) is 10.6. The van der Waals surface area contributed by atoms with E-state index in [-0.39, 0.29) is 22.4 Å². The molecular weight excluding hydrogens is 378 g/mol. The van der Waals surface area contributed by atoms with E-state index in [4.69, 9.17) is 4.74 Å². The van der Waals surface area contributed by atoms with Crippen LogP contribution in [0.25, 0.3) is 0 Å². The highest BCUT2D eigenvalue weighted by molar-refractivity contribution is 7.92. The molecular formula is C21H25NO5S. The number of carbonyl (C=O) groups excluding carboxylic acids is 2. The number of sulfonamides is 1. The van der Waals surface area contributed by atoms with E-state index in [9.17, 15) is 18.0 Å². The highest BCUT2D eigenvalue weighted by Crippen LogP contribution is 2.23. The van der Waals surface area contributed by atoms with Gasteiger partial charge in [-0.2, -0.15) is 0 Å². The predicted molar refractivity (Wildman–Crippen MR) is 109 cm³/mol. The van der Waals surface area contributed by atoms with Crippen molar-refractivity contribution >= 4 is 27.5 Å². The Balaban J connectivity index is 2.12. The molecule has 150 valence electrons. The van der Waals surface area contributed by atoms with Crippen molar-refractivity contribution in [3.63, 3.8) is 0 Å². The molecule has 2 aromatic rings. The van der Waals surface area contributed by atoms with Crippen LogP contribution in [0.4, 0.5) is 5.69 Å². The van der Waals surface area contributed by atoms with Crippen molar-refractivity contribution < 1.29 is 22.7 Å². The van der Waals surface area contributed by atoms with Crippen molar-refractivity contribution in [1.82, 2.24) is 0 Å². The Morgan fingerprint density at radius 3 is 2.11 bits per heavy atom. The van der Waals surface area contributed by atoms with Gasteiger partial charge in [0.1, 0.15) is 0 Å².